The summed E-state index contributed by atoms with van der Waals surface area (Å²) in [5.74, 6) is 1.09. The summed E-state index contributed by atoms with van der Waals surface area (Å²) in [5, 5.41) is 3.23. The van der Waals surface area contributed by atoms with Crippen LogP contribution in [-0.4, -0.2) is 45.2 Å². The van der Waals surface area contributed by atoms with Gasteiger partial charge in [-0.1, -0.05) is 6.92 Å². The summed E-state index contributed by atoms with van der Waals surface area (Å²) in [5.41, 5.74) is 0. The number of fused-ring (bicyclic) bond motifs is 1. The molecular weight excluding hydrogens is 328 g/mol. The first-order chi connectivity index (χ1) is 10.1. The lowest BCUT2D eigenvalue weighted by Crippen LogP contribution is -2.41. The minimum absolute atomic E-state index is 0. The lowest BCUT2D eigenvalue weighted by Gasteiger charge is -2.27. The maximum absolute atomic E-state index is 12.9. The normalized spacial score (nSPS) is 20.2. The zero-order valence-electron chi connectivity index (χ0n) is 12.4. The largest absolute Gasteiger partial charge is 0.454 e. The van der Waals surface area contributed by atoms with Gasteiger partial charge in [0.1, 0.15) is 0 Å². The molecule has 1 N–H and O–H groups in total. The van der Waals surface area contributed by atoms with Gasteiger partial charge in [0.15, 0.2) is 11.5 Å². The number of benzene rings is 1. The Bertz CT molecular complexity index is 617. The second-order valence-corrected chi connectivity index (χ2v) is 7.17. The molecule has 2 aliphatic heterocycles. The molecule has 1 aromatic rings. The van der Waals surface area contributed by atoms with Crippen molar-refractivity contribution >= 4 is 22.4 Å². The zero-order valence-corrected chi connectivity index (χ0v) is 14.1. The van der Waals surface area contributed by atoms with Crippen LogP contribution in [0.3, 0.4) is 0 Å². The van der Waals surface area contributed by atoms with Crippen molar-refractivity contribution in [3.8, 4) is 11.5 Å². The molecule has 22 heavy (non-hydrogen) atoms. The van der Waals surface area contributed by atoms with Gasteiger partial charge in [-0.3, -0.25) is 0 Å². The standard InChI is InChI=1S/C14H20N2O4S.ClH/c1-2-7-16(11-5-6-15-9-11)21(17,18)12-3-4-13-14(8-12)20-10-19-13;/h3-4,8,11,15H,2,5-7,9-10H2,1H3;1H. The van der Waals surface area contributed by atoms with E-state index in [1.807, 2.05) is 6.92 Å². The number of hydrogen-bond acceptors (Lipinski definition) is 5. The van der Waals surface area contributed by atoms with Gasteiger partial charge >= 0.3 is 0 Å². The van der Waals surface area contributed by atoms with Crippen LogP contribution in [0.25, 0.3) is 0 Å². The fraction of sp³-hybridized carbons (Fsp3) is 0.571. The second kappa shape index (κ2) is 7.04. The van der Waals surface area contributed by atoms with Crippen molar-refractivity contribution in [3.05, 3.63) is 18.2 Å². The number of nitrogens with zero attached hydrogens (tertiary/aromatic N) is 1. The van der Waals surface area contributed by atoms with E-state index in [9.17, 15) is 8.42 Å². The molecule has 0 radical (unpaired) electrons. The number of halogens is 1. The zero-order chi connectivity index (χ0) is 14.9. The molecule has 3 rings (SSSR count). The van der Waals surface area contributed by atoms with Crippen LogP contribution in [0.4, 0.5) is 0 Å². The van der Waals surface area contributed by atoms with Crippen molar-refractivity contribution in [1.82, 2.24) is 9.62 Å². The summed E-state index contributed by atoms with van der Waals surface area (Å²) in [6.07, 6.45) is 1.64. The van der Waals surface area contributed by atoms with E-state index in [1.165, 1.54) is 0 Å². The van der Waals surface area contributed by atoms with Gasteiger partial charge in [-0.2, -0.15) is 4.31 Å². The van der Waals surface area contributed by atoms with Gasteiger partial charge in [0.05, 0.1) is 4.90 Å². The van der Waals surface area contributed by atoms with E-state index >= 15 is 0 Å². The number of nitrogens with one attached hydrogen (secondary N) is 1. The molecule has 8 heteroatoms. The molecule has 1 saturated heterocycles. The molecule has 2 heterocycles. The highest BCUT2D eigenvalue weighted by atomic mass is 35.5. The van der Waals surface area contributed by atoms with E-state index in [2.05, 4.69) is 5.32 Å². The predicted molar refractivity (Wildman–Crippen MR) is 85.3 cm³/mol. The van der Waals surface area contributed by atoms with Crippen LogP contribution >= 0.6 is 12.4 Å². The third-order valence-corrected chi connectivity index (χ3v) is 5.78. The lowest BCUT2D eigenvalue weighted by molar-refractivity contribution is 0.174. The molecule has 1 fully saturated rings. The Balaban J connectivity index is 0.00000176. The van der Waals surface area contributed by atoms with E-state index in [-0.39, 0.29) is 30.1 Å². The molecule has 0 aliphatic carbocycles. The van der Waals surface area contributed by atoms with E-state index in [4.69, 9.17) is 9.47 Å². The lowest BCUT2D eigenvalue weighted by atomic mass is 10.2. The van der Waals surface area contributed by atoms with Crippen molar-refractivity contribution < 1.29 is 17.9 Å². The first-order valence-electron chi connectivity index (χ1n) is 7.25. The van der Waals surface area contributed by atoms with Crippen molar-refractivity contribution in [1.29, 1.82) is 0 Å². The highest BCUT2D eigenvalue weighted by Crippen LogP contribution is 2.35. The van der Waals surface area contributed by atoms with Gasteiger partial charge in [0, 0.05) is 25.2 Å². The van der Waals surface area contributed by atoms with E-state index < -0.39 is 10.0 Å². The molecule has 0 spiro atoms. The minimum atomic E-state index is -3.51. The van der Waals surface area contributed by atoms with Crippen LogP contribution in [0.15, 0.2) is 23.1 Å². The van der Waals surface area contributed by atoms with Crippen molar-refractivity contribution in [2.45, 2.75) is 30.7 Å². The van der Waals surface area contributed by atoms with Crippen LogP contribution in [0, 0.1) is 0 Å². The molecule has 0 amide bonds. The van der Waals surface area contributed by atoms with Crippen LogP contribution in [-0.2, 0) is 10.0 Å². The Morgan fingerprint density at radius 2 is 2.09 bits per heavy atom. The van der Waals surface area contributed by atoms with E-state index in [0.717, 1.165) is 19.4 Å². The fourth-order valence-electron chi connectivity index (χ4n) is 2.78. The third kappa shape index (κ3) is 3.17. The predicted octanol–water partition coefficient (Wildman–Crippen LogP) is 1.60. The van der Waals surface area contributed by atoms with Crippen LogP contribution in [0.2, 0.25) is 0 Å². The third-order valence-electron chi connectivity index (χ3n) is 3.84. The van der Waals surface area contributed by atoms with Crippen molar-refractivity contribution in [3.63, 3.8) is 0 Å². The summed E-state index contributed by atoms with van der Waals surface area (Å²) in [7, 11) is -3.51. The Kier molecular flexibility index (Phi) is 5.55. The Morgan fingerprint density at radius 1 is 1.32 bits per heavy atom. The van der Waals surface area contributed by atoms with Crippen LogP contribution in [0.1, 0.15) is 19.8 Å². The molecular formula is C14H21ClN2O4S. The van der Waals surface area contributed by atoms with Gasteiger partial charge in [0.25, 0.3) is 0 Å². The number of sulfonamides is 1. The van der Waals surface area contributed by atoms with Gasteiger partial charge in [-0.05, 0) is 31.5 Å². The number of ether oxygens (including phenoxy) is 2. The van der Waals surface area contributed by atoms with E-state index in [1.54, 1.807) is 22.5 Å². The number of hydrogen-bond donors (Lipinski definition) is 1. The molecule has 1 unspecified atom stereocenters. The number of rotatable bonds is 5. The van der Waals surface area contributed by atoms with Crippen LogP contribution < -0.4 is 14.8 Å². The first-order valence-corrected chi connectivity index (χ1v) is 8.69. The Labute approximate surface area is 137 Å². The quantitative estimate of drug-likeness (QED) is 0.875. The van der Waals surface area contributed by atoms with Crippen molar-refractivity contribution in [2.24, 2.45) is 0 Å². The summed E-state index contributed by atoms with van der Waals surface area (Å²) in [6.45, 7) is 4.24. The van der Waals surface area contributed by atoms with Gasteiger partial charge in [0.2, 0.25) is 16.8 Å². The summed E-state index contributed by atoms with van der Waals surface area (Å²) < 4.78 is 38.0. The Hall–Kier alpha value is -1.02. The fourth-order valence-corrected chi connectivity index (χ4v) is 4.54. The minimum Gasteiger partial charge on any atom is -0.454 e. The first kappa shape index (κ1) is 17.3. The molecule has 124 valence electrons. The molecule has 0 saturated carbocycles. The summed E-state index contributed by atoms with van der Waals surface area (Å²) in [4.78, 5) is 0.270. The molecule has 6 nitrogen and oxygen atoms in total. The van der Waals surface area contributed by atoms with Crippen molar-refractivity contribution in [2.75, 3.05) is 26.4 Å². The van der Waals surface area contributed by atoms with Gasteiger partial charge < -0.3 is 14.8 Å². The molecule has 2 aliphatic rings. The highest BCUT2D eigenvalue weighted by Gasteiger charge is 2.33. The average Bonchev–Trinajstić information content (AvgIpc) is 3.14. The molecule has 1 atom stereocenters. The molecule has 1 aromatic carbocycles. The molecule has 0 bridgehead atoms. The van der Waals surface area contributed by atoms with Gasteiger partial charge in [-0.25, -0.2) is 8.42 Å². The smallest absolute Gasteiger partial charge is 0.243 e. The maximum Gasteiger partial charge on any atom is 0.243 e. The average molecular weight is 349 g/mol. The topological polar surface area (TPSA) is 67.9 Å². The Morgan fingerprint density at radius 3 is 2.77 bits per heavy atom. The highest BCUT2D eigenvalue weighted by molar-refractivity contribution is 7.89. The molecule has 0 aromatic heterocycles. The second-order valence-electron chi connectivity index (χ2n) is 5.28. The SMILES string of the molecule is CCCN(C1CCNC1)S(=O)(=O)c1ccc2c(c1)OCO2.Cl. The summed E-state index contributed by atoms with van der Waals surface area (Å²) in [6, 6.07) is 4.84. The van der Waals surface area contributed by atoms with E-state index in [0.29, 0.717) is 24.6 Å². The summed E-state index contributed by atoms with van der Waals surface area (Å²) >= 11 is 0. The van der Waals surface area contributed by atoms with Crippen LogP contribution in [0.5, 0.6) is 11.5 Å². The monoisotopic (exact) mass is 348 g/mol. The maximum atomic E-state index is 12.9. The van der Waals surface area contributed by atoms with Gasteiger partial charge in [-0.15, -0.1) is 12.4 Å².